The molecule has 0 bridgehead atoms. The van der Waals surface area contributed by atoms with Crippen molar-refractivity contribution >= 4 is 43.1 Å². The fourth-order valence-electron chi connectivity index (χ4n) is 7.66. The van der Waals surface area contributed by atoms with Gasteiger partial charge in [-0.05, 0) is 118 Å². The van der Waals surface area contributed by atoms with Crippen LogP contribution < -0.4 is 0 Å². The lowest BCUT2D eigenvalue weighted by Crippen LogP contribution is -2.15. The Hall–Kier alpha value is -5.20. The zero-order valence-electron chi connectivity index (χ0n) is 24.4. The summed E-state index contributed by atoms with van der Waals surface area (Å²) in [5.41, 5.74) is 10.6. The molecular weight excluding hydrogens is 516 g/mol. The molecule has 9 rings (SSSR count). The Balaban J connectivity index is 1.43. The summed E-state index contributed by atoms with van der Waals surface area (Å²) in [6, 6.07) is 54.2. The summed E-state index contributed by atoms with van der Waals surface area (Å²) >= 11 is 0. The number of hydrogen-bond donors (Lipinski definition) is 0. The minimum Gasteiger partial charge on any atom is -0.0622 e. The Kier molecular flexibility index (Phi) is 5.05. The van der Waals surface area contributed by atoms with Crippen molar-refractivity contribution in [2.24, 2.45) is 0 Å². The van der Waals surface area contributed by atoms with Crippen molar-refractivity contribution in [3.63, 3.8) is 0 Å². The summed E-state index contributed by atoms with van der Waals surface area (Å²) in [5.74, 6) is 0. The second kappa shape index (κ2) is 8.90. The SMILES string of the molecule is CC1(C)c2cc3ccccc3cc2-c2c(-c3ccccc3)cc(-c3c4ccccc4cc4c3ccc3ccccc34)cc21. The molecule has 0 fully saturated rings. The van der Waals surface area contributed by atoms with Gasteiger partial charge in [0.1, 0.15) is 0 Å². The Morgan fingerprint density at radius 1 is 0.349 bits per heavy atom. The van der Waals surface area contributed by atoms with Crippen LogP contribution in [0.15, 0.2) is 146 Å². The third kappa shape index (κ3) is 3.50. The summed E-state index contributed by atoms with van der Waals surface area (Å²) in [7, 11) is 0. The highest BCUT2D eigenvalue weighted by Crippen LogP contribution is 2.55. The third-order valence-electron chi connectivity index (χ3n) is 9.78. The normalized spacial score (nSPS) is 13.5. The monoisotopic (exact) mass is 546 g/mol. The predicted molar refractivity (Wildman–Crippen MR) is 185 cm³/mol. The van der Waals surface area contributed by atoms with Crippen LogP contribution in [0.2, 0.25) is 0 Å². The van der Waals surface area contributed by atoms with Crippen LogP contribution in [0.4, 0.5) is 0 Å². The van der Waals surface area contributed by atoms with E-state index in [1.54, 1.807) is 0 Å². The maximum atomic E-state index is 2.50. The summed E-state index contributed by atoms with van der Waals surface area (Å²) in [5, 5.41) is 10.4. The van der Waals surface area contributed by atoms with Crippen LogP contribution in [0.25, 0.3) is 76.5 Å². The van der Waals surface area contributed by atoms with E-state index in [1.165, 1.54) is 87.6 Å². The zero-order valence-corrected chi connectivity index (χ0v) is 24.4. The smallest absolute Gasteiger partial charge is 0.0159 e. The van der Waals surface area contributed by atoms with Gasteiger partial charge >= 0.3 is 0 Å². The van der Waals surface area contributed by atoms with E-state index in [0.717, 1.165) is 0 Å². The summed E-state index contributed by atoms with van der Waals surface area (Å²) in [6.07, 6.45) is 0. The van der Waals surface area contributed by atoms with Gasteiger partial charge in [0.25, 0.3) is 0 Å². The van der Waals surface area contributed by atoms with E-state index >= 15 is 0 Å². The maximum Gasteiger partial charge on any atom is 0.0159 e. The van der Waals surface area contributed by atoms with E-state index < -0.39 is 0 Å². The van der Waals surface area contributed by atoms with Gasteiger partial charge in [-0.2, -0.15) is 0 Å². The van der Waals surface area contributed by atoms with Gasteiger partial charge in [0.15, 0.2) is 0 Å². The van der Waals surface area contributed by atoms with Crippen molar-refractivity contribution in [1.82, 2.24) is 0 Å². The first-order valence-corrected chi connectivity index (χ1v) is 15.2. The first-order valence-electron chi connectivity index (χ1n) is 15.2. The lowest BCUT2D eigenvalue weighted by Gasteiger charge is -2.24. The van der Waals surface area contributed by atoms with Crippen LogP contribution in [0.1, 0.15) is 25.0 Å². The van der Waals surface area contributed by atoms with Crippen molar-refractivity contribution in [3.8, 4) is 33.4 Å². The number of hydrogen-bond acceptors (Lipinski definition) is 0. The lowest BCUT2D eigenvalue weighted by molar-refractivity contribution is 0.661. The van der Waals surface area contributed by atoms with E-state index in [9.17, 15) is 0 Å². The highest BCUT2D eigenvalue weighted by molar-refractivity contribution is 6.20. The molecule has 0 aromatic heterocycles. The summed E-state index contributed by atoms with van der Waals surface area (Å²) in [6.45, 7) is 4.80. The molecular formula is C43H30. The zero-order chi connectivity index (χ0) is 28.7. The van der Waals surface area contributed by atoms with Crippen molar-refractivity contribution in [3.05, 3.63) is 157 Å². The van der Waals surface area contributed by atoms with Crippen LogP contribution in [0.5, 0.6) is 0 Å². The molecule has 1 aliphatic rings. The van der Waals surface area contributed by atoms with Crippen LogP contribution >= 0.6 is 0 Å². The quantitative estimate of drug-likeness (QED) is 0.149. The first kappa shape index (κ1) is 24.4. The molecule has 0 heterocycles. The second-order valence-electron chi connectivity index (χ2n) is 12.5. The average Bonchev–Trinajstić information content (AvgIpc) is 3.27. The van der Waals surface area contributed by atoms with E-state index in [1.807, 2.05) is 0 Å². The molecule has 0 nitrogen and oxygen atoms in total. The standard InChI is InChI=1S/C43H30/c1-43(2)39-25-30-16-7-6-15-29(30)22-38(39)42-36(27-12-4-3-5-13-27)24-32(26-40(42)43)41-34-19-11-9-17-31(34)23-37-33-18-10-8-14-28(33)20-21-35(37)41/h3-26H,1-2H3. The Morgan fingerprint density at radius 2 is 1.00 bits per heavy atom. The predicted octanol–water partition coefficient (Wildman–Crippen LogP) is 11.9. The molecule has 0 saturated heterocycles. The van der Waals surface area contributed by atoms with E-state index in [0.29, 0.717) is 0 Å². The largest absolute Gasteiger partial charge is 0.0622 e. The molecule has 0 saturated carbocycles. The molecule has 8 aromatic rings. The molecule has 0 aliphatic heterocycles. The Labute approximate surface area is 251 Å². The van der Waals surface area contributed by atoms with Crippen LogP contribution in [-0.2, 0) is 5.41 Å². The molecule has 0 N–H and O–H groups in total. The van der Waals surface area contributed by atoms with Gasteiger partial charge in [0.2, 0.25) is 0 Å². The molecule has 8 aromatic carbocycles. The molecule has 0 heteroatoms. The van der Waals surface area contributed by atoms with Gasteiger partial charge in [-0.1, -0.05) is 129 Å². The van der Waals surface area contributed by atoms with Crippen molar-refractivity contribution < 1.29 is 0 Å². The summed E-state index contributed by atoms with van der Waals surface area (Å²) < 4.78 is 0. The highest BCUT2D eigenvalue weighted by atomic mass is 14.4. The number of fused-ring (bicyclic) bond motifs is 8. The fourth-order valence-corrected chi connectivity index (χ4v) is 7.66. The number of rotatable bonds is 2. The molecule has 0 radical (unpaired) electrons. The van der Waals surface area contributed by atoms with Crippen LogP contribution in [-0.4, -0.2) is 0 Å². The molecule has 0 unspecified atom stereocenters. The molecule has 0 spiro atoms. The van der Waals surface area contributed by atoms with Gasteiger partial charge in [0.05, 0.1) is 0 Å². The highest BCUT2D eigenvalue weighted by Gasteiger charge is 2.38. The van der Waals surface area contributed by atoms with Gasteiger partial charge in [-0.25, -0.2) is 0 Å². The van der Waals surface area contributed by atoms with Gasteiger partial charge in [0, 0.05) is 5.41 Å². The van der Waals surface area contributed by atoms with E-state index in [2.05, 4.69) is 159 Å². The minimum absolute atomic E-state index is 0.138. The first-order chi connectivity index (χ1) is 21.1. The Bertz CT molecular complexity index is 2410. The fraction of sp³-hybridized carbons (Fsp3) is 0.0698. The number of benzene rings is 8. The van der Waals surface area contributed by atoms with Gasteiger partial charge < -0.3 is 0 Å². The maximum absolute atomic E-state index is 2.50. The summed E-state index contributed by atoms with van der Waals surface area (Å²) in [4.78, 5) is 0. The topological polar surface area (TPSA) is 0 Å². The molecule has 0 amide bonds. The van der Waals surface area contributed by atoms with Crippen LogP contribution in [0, 0.1) is 0 Å². The van der Waals surface area contributed by atoms with Crippen molar-refractivity contribution in [2.75, 3.05) is 0 Å². The average molecular weight is 547 g/mol. The minimum atomic E-state index is -0.138. The van der Waals surface area contributed by atoms with Crippen molar-refractivity contribution in [1.29, 1.82) is 0 Å². The van der Waals surface area contributed by atoms with Crippen LogP contribution in [0.3, 0.4) is 0 Å². The van der Waals surface area contributed by atoms with E-state index in [-0.39, 0.29) is 5.41 Å². The van der Waals surface area contributed by atoms with Gasteiger partial charge in [-0.3, -0.25) is 0 Å². The molecule has 202 valence electrons. The molecule has 1 aliphatic carbocycles. The van der Waals surface area contributed by atoms with E-state index in [4.69, 9.17) is 0 Å². The molecule has 0 atom stereocenters. The lowest BCUT2D eigenvalue weighted by atomic mass is 9.79. The van der Waals surface area contributed by atoms with Crippen molar-refractivity contribution in [2.45, 2.75) is 19.3 Å². The molecule has 43 heavy (non-hydrogen) atoms. The second-order valence-corrected chi connectivity index (χ2v) is 12.5. The Morgan fingerprint density at radius 3 is 1.79 bits per heavy atom. The van der Waals surface area contributed by atoms with Gasteiger partial charge in [-0.15, -0.1) is 0 Å². The third-order valence-corrected chi connectivity index (χ3v) is 9.78.